The van der Waals surface area contributed by atoms with Gasteiger partial charge in [0.2, 0.25) is 0 Å². The van der Waals surface area contributed by atoms with Crippen molar-refractivity contribution in [3.8, 4) is 16.9 Å². The third-order valence-corrected chi connectivity index (χ3v) is 5.86. The Morgan fingerprint density at radius 2 is 1.87 bits per heavy atom. The number of aryl methyl sites for hydroxylation is 1. The van der Waals surface area contributed by atoms with Crippen LogP contribution in [0, 0.1) is 12.3 Å². The zero-order valence-corrected chi connectivity index (χ0v) is 18.5. The van der Waals surface area contributed by atoms with E-state index in [1.165, 1.54) is 0 Å². The second kappa shape index (κ2) is 8.62. The quantitative estimate of drug-likeness (QED) is 0.674. The molecule has 1 atom stereocenters. The Hall–Kier alpha value is -2.63. The number of halogens is 1. The summed E-state index contributed by atoms with van der Waals surface area (Å²) in [6.45, 7) is 7.63. The fraction of sp³-hybridized carbons (Fsp3) is 0.333. The Bertz CT molecular complexity index is 1030. The third kappa shape index (κ3) is 4.27. The number of benzene rings is 2. The van der Waals surface area contributed by atoms with Gasteiger partial charge >= 0.3 is 0 Å². The van der Waals surface area contributed by atoms with Crippen molar-refractivity contribution in [2.75, 3.05) is 13.1 Å². The lowest BCUT2D eigenvalue weighted by Crippen LogP contribution is -2.54. The molecule has 1 unspecified atom stereocenters. The Morgan fingerprint density at radius 1 is 1.13 bits per heavy atom. The first-order valence-corrected chi connectivity index (χ1v) is 10.1. The standard InChI is InChI=1S/C24H28N4O.ClH/c1-17-8-7-9-18(14-17)22-20(15-28(26-22)19-10-5-4-6-11-19)23(29)27-13-12-21(25)24(2,3)16-27;/h4-11,14-15,21H,12-13,16,25H2,1-3H3;1H. The van der Waals surface area contributed by atoms with E-state index >= 15 is 0 Å². The molecule has 2 heterocycles. The largest absolute Gasteiger partial charge is 0.338 e. The number of para-hydroxylation sites is 1. The van der Waals surface area contributed by atoms with E-state index < -0.39 is 0 Å². The lowest BCUT2D eigenvalue weighted by Gasteiger charge is -2.42. The molecule has 1 amide bonds. The highest BCUT2D eigenvalue weighted by molar-refractivity contribution is 6.00. The summed E-state index contributed by atoms with van der Waals surface area (Å²) in [5, 5.41) is 4.80. The van der Waals surface area contributed by atoms with Gasteiger partial charge in [0.15, 0.2) is 0 Å². The van der Waals surface area contributed by atoms with E-state index in [0.717, 1.165) is 28.9 Å². The van der Waals surface area contributed by atoms with E-state index in [2.05, 4.69) is 19.9 Å². The lowest BCUT2D eigenvalue weighted by molar-refractivity contribution is 0.0533. The number of hydrogen-bond donors (Lipinski definition) is 1. The lowest BCUT2D eigenvalue weighted by atomic mass is 9.79. The summed E-state index contributed by atoms with van der Waals surface area (Å²) in [4.78, 5) is 15.5. The van der Waals surface area contributed by atoms with Crippen LogP contribution in [-0.4, -0.2) is 39.7 Å². The van der Waals surface area contributed by atoms with E-state index in [0.29, 0.717) is 18.7 Å². The molecule has 5 nitrogen and oxygen atoms in total. The van der Waals surface area contributed by atoms with Crippen molar-refractivity contribution in [1.82, 2.24) is 14.7 Å². The minimum Gasteiger partial charge on any atom is -0.338 e. The number of likely N-dealkylation sites (tertiary alicyclic amines) is 1. The first kappa shape index (κ1) is 22.1. The van der Waals surface area contributed by atoms with E-state index in [4.69, 9.17) is 10.8 Å². The van der Waals surface area contributed by atoms with Gasteiger partial charge in [-0.05, 0) is 37.0 Å². The Kier molecular flexibility index (Phi) is 6.34. The SMILES string of the molecule is Cc1cccc(-c2nn(-c3ccccc3)cc2C(=O)N2CCC(N)C(C)(C)C2)c1.Cl. The number of carbonyl (C=O) groups excluding carboxylic acids is 1. The minimum atomic E-state index is -0.104. The minimum absolute atomic E-state index is 0. The van der Waals surface area contributed by atoms with Gasteiger partial charge < -0.3 is 10.6 Å². The van der Waals surface area contributed by atoms with Gasteiger partial charge in [0, 0.05) is 30.9 Å². The first-order chi connectivity index (χ1) is 13.8. The number of carbonyl (C=O) groups is 1. The highest BCUT2D eigenvalue weighted by atomic mass is 35.5. The molecule has 0 bridgehead atoms. The predicted octanol–water partition coefficient (Wildman–Crippen LogP) is 4.47. The molecule has 1 fully saturated rings. The molecular weight excluding hydrogens is 396 g/mol. The van der Waals surface area contributed by atoms with Crippen LogP contribution in [0.5, 0.6) is 0 Å². The van der Waals surface area contributed by atoms with Crippen LogP contribution < -0.4 is 5.73 Å². The number of rotatable bonds is 3. The molecule has 0 spiro atoms. The van der Waals surface area contributed by atoms with Crippen LogP contribution in [0.4, 0.5) is 0 Å². The summed E-state index contributed by atoms with van der Waals surface area (Å²) >= 11 is 0. The van der Waals surface area contributed by atoms with Crippen molar-refractivity contribution in [2.24, 2.45) is 11.1 Å². The molecular formula is C24H29ClN4O. The molecule has 3 aromatic rings. The second-order valence-electron chi connectivity index (χ2n) is 8.65. The van der Waals surface area contributed by atoms with Gasteiger partial charge in [-0.3, -0.25) is 4.79 Å². The molecule has 4 rings (SSSR count). The summed E-state index contributed by atoms with van der Waals surface area (Å²) < 4.78 is 1.80. The molecule has 2 aromatic carbocycles. The van der Waals surface area contributed by atoms with E-state index in [-0.39, 0.29) is 29.8 Å². The molecule has 0 saturated carbocycles. The monoisotopic (exact) mass is 424 g/mol. The van der Waals surface area contributed by atoms with Crippen LogP contribution in [0.3, 0.4) is 0 Å². The van der Waals surface area contributed by atoms with Crippen LogP contribution in [0.25, 0.3) is 16.9 Å². The van der Waals surface area contributed by atoms with Crippen LogP contribution in [0.1, 0.15) is 36.2 Å². The van der Waals surface area contributed by atoms with Crippen LogP contribution in [0.2, 0.25) is 0 Å². The summed E-state index contributed by atoms with van der Waals surface area (Å²) in [7, 11) is 0. The summed E-state index contributed by atoms with van der Waals surface area (Å²) in [6, 6.07) is 18.1. The Labute approximate surface area is 184 Å². The van der Waals surface area contributed by atoms with E-state index in [1.807, 2.05) is 66.6 Å². The molecule has 0 aliphatic carbocycles. The normalized spacial score (nSPS) is 18.0. The van der Waals surface area contributed by atoms with Crippen molar-refractivity contribution in [3.63, 3.8) is 0 Å². The Balaban J connectivity index is 0.00000256. The molecule has 1 aromatic heterocycles. The number of amides is 1. The molecule has 0 radical (unpaired) electrons. The van der Waals surface area contributed by atoms with Crippen molar-refractivity contribution in [3.05, 3.63) is 71.9 Å². The van der Waals surface area contributed by atoms with Crippen molar-refractivity contribution < 1.29 is 4.79 Å². The summed E-state index contributed by atoms with van der Waals surface area (Å²) in [5.74, 6) is 0.0173. The topological polar surface area (TPSA) is 64.2 Å². The Morgan fingerprint density at radius 3 is 2.53 bits per heavy atom. The van der Waals surface area contributed by atoms with Crippen molar-refractivity contribution in [1.29, 1.82) is 0 Å². The third-order valence-electron chi connectivity index (χ3n) is 5.86. The predicted molar refractivity (Wildman–Crippen MR) is 123 cm³/mol. The molecule has 1 aliphatic heterocycles. The number of nitrogens with two attached hydrogens (primary N) is 1. The van der Waals surface area contributed by atoms with Gasteiger partial charge in [0.05, 0.1) is 11.3 Å². The maximum Gasteiger partial charge on any atom is 0.257 e. The van der Waals surface area contributed by atoms with E-state index in [1.54, 1.807) is 4.68 Å². The molecule has 6 heteroatoms. The number of hydrogen-bond acceptors (Lipinski definition) is 3. The summed E-state index contributed by atoms with van der Waals surface area (Å²) in [6.07, 6.45) is 2.67. The maximum absolute atomic E-state index is 13.5. The number of aromatic nitrogens is 2. The number of piperidine rings is 1. The smallest absolute Gasteiger partial charge is 0.257 e. The first-order valence-electron chi connectivity index (χ1n) is 10.1. The maximum atomic E-state index is 13.5. The average molecular weight is 425 g/mol. The van der Waals surface area contributed by atoms with Crippen LogP contribution in [0.15, 0.2) is 60.8 Å². The van der Waals surface area contributed by atoms with Gasteiger partial charge in [-0.25, -0.2) is 4.68 Å². The highest BCUT2D eigenvalue weighted by Crippen LogP contribution is 2.31. The second-order valence-corrected chi connectivity index (χ2v) is 8.65. The van der Waals surface area contributed by atoms with Gasteiger partial charge in [0.25, 0.3) is 5.91 Å². The average Bonchev–Trinajstić information content (AvgIpc) is 3.15. The molecule has 30 heavy (non-hydrogen) atoms. The van der Waals surface area contributed by atoms with Crippen LogP contribution >= 0.6 is 12.4 Å². The fourth-order valence-corrected chi connectivity index (χ4v) is 3.97. The highest BCUT2D eigenvalue weighted by Gasteiger charge is 2.36. The molecule has 1 saturated heterocycles. The molecule has 158 valence electrons. The van der Waals surface area contributed by atoms with E-state index in [9.17, 15) is 4.79 Å². The van der Waals surface area contributed by atoms with Gasteiger partial charge in [-0.1, -0.05) is 55.8 Å². The van der Waals surface area contributed by atoms with Gasteiger partial charge in [-0.2, -0.15) is 5.10 Å². The fourth-order valence-electron chi connectivity index (χ4n) is 3.97. The number of nitrogens with zero attached hydrogens (tertiary/aromatic N) is 3. The zero-order chi connectivity index (χ0) is 20.6. The zero-order valence-electron chi connectivity index (χ0n) is 17.7. The molecule has 2 N–H and O–H groups in total. The van der Waals surface area contributed by atoms with Gasteiger partial charge in [-0.15, -0.1) is 12.4 Å². The molecule has 1 aliphatic rings. The van der Waals surface area contributed by atoms with Crippen molar-refractivity contribution in [2.45, 2.75) is 33.2 Å². The van der Waals surface area contributed by atoms with Crippen molar-refractivity contribution >= 4 is 18.3 Å². The summed E-state index contributed by atoms with van der Waals surface area (Å²) in [5.41, 5.74) is 10.5. The van der Waals surface area contributed by atoms with Gasteiger partial charge in [0.1, 0.15) is 5.69 Å². The van der Waals surface area contributed by atoms with Crippen LogP contribution in [-0.2, 0) is 0 Å².